The number of aryl methyl sites for hydroxylation is 1. The van der Waals surface area contributed by atoms with Crippen molar-refractivity contribution in [3.63, 3.8) is 0 Å². The second-order valence-corrected chi connectivity index (χ2v) is 9.96. The van der Waals surface area contributed by atoms with Crippen LogP contribution in [0.5, 0.6) is 0 Å². The molecule has 4 aromatic rings. The van der Waals surface area contributed by atoms with Gasteiger partial charge >= 0.3 is 0 Å². The minimum absolute atomic E-state index is 0.0576. The Morgan fingerprint density at radius 1 is 1.14 bits per heavy atom. The Balaban J connectivity index is 1.17. The van der Waals surface area contributed by atoms with Crippen molar-refractivity contribution in [2.75, 3.05) is 36.8 Å². The second kappa shape index (κ2) is 9.89. The average Bonchev–Trinajstić information content (AvgIpc) is 3.23. The summed E-state index contributed by atoms with van der Waals surface area (Å²) in [7, 11) is 0. The van der Waals surface area contributed by atoms with Crippen molar-refractivity contribution in [2.45, 2.75) is 20.0 Å². The molecule has 4 heterocycles. The topological polar surface area (TPSA) is 107 Å². The van der Waals surface area contributed by atoms with Crippen molar-refractivity contribution in [1.82, 2.24) is 20.2 Å². The molecule has 1 aliphatic rings. The van der Waals surface area contributed by atoms with Crippen LogP contribution >= 0.6 is 11.3 Å². The number of nitrogens with two attached hydrogens (primary N) is 1. The van der Waals surface area contributed by atoms with E-state index in [1.54, 1.807) is 29.8 Å². The molecule has 1 aliphatic heterocycles. The molecule has 180 valence electrons. The van der Waals surface area contributed by atoms with Gasteiger partial charge in [0, 0.05) is 73.7 Å². The first-order valence-electron chi connectivity index (χ1n) is 11.6. The summed E-state index contributed by atoms with van der Waals surface area (Å²) in [6.07, 6.45) is 3.39. The van der Waals surface area contributed by atoms with Crippen LogP contribution < -0.4 is 21.5 Å². The molecule has 4 N–H and O–H groups in total. The summed E-state index contributed by atoms with van der Waals surface area (Å²) in [6, 6.07) is 13.4. The number of carbonyl (C=O) groups is 1. The van der Waals surface area contributed by atoms with Crippen LogP contribution in [0.1, 0.15) is 25.7 Å². The maximum Gasteiger partial charge on any atom is 0.261 e. The number of benzene rings is 1. The summed E-state index contributed by atoms with van der Waals surface area (Å²) in [5.41, 5.74) is 8.98. The van der Waals surface area contributed by atoms with Gasteiger partial charge < -0.3 is 20.9 Å². The van der Waals surface area contributed by atoms with E-state index in [1.165, 1.54) is 4.88 Å². The van der Waals surface area contributed by atoms with Crippen molar-refractivity contribution >= 4 is 39.5 Å². The fourth-order valence-electron chi connectivity index (χ4n) is 4.42. The van der Waals surface area contributed by atoms with Crippen LogP contribution in [-0.2, 0) is 13.1 Å². The first-order chi connectivity index (χ1) is 17.0. The molecule has 5 rings (SSSR count). The molecule has 0 radical (unpaired) electrons. The van der Waals surface area contributed by atoms with Crippen molar-refractivity contribution < 1.29 is 4.79 Å². The fraction of sp³-hybridized carbons (Fsp3) is 0.269. The van der Waals surface area contributed by atoms with Crippen LogP contribution in [0.2, 0.25) is 0 Å². The number of carbonyl (C=O) groups excluding carboxylic acids is 1. The number of nitrogen functional groups attached to an aromatic ring is 1. The Labute approximate surface area is 207 Å². The lowest BCUT2D eigenvalue weighted by Crippen LogP contribution is -2.46. The van der Waals surface area contributed by atoms with E-state index in [1.807, 2.05) is 36.4 Å². The van der Waals surface area contributed by atoms with Crippen LogP contribution in [-0.4, -0.2) is 47.0 Å². The third-order valence-electron chi connectivity index (χ3n) is 6.42. The molecule has 35 heavy (non-hydrogen) atoms. The highest BCUT2D eigenvalue weighted by Gasteiger charge is 2.20. The van der Waals surface area contributed by atoms with E-state index in [0.717, 1.165) is 65.2 Å². The zero-order chi connectivity index (χ0) is 24.4. The summed E-state index contributed by atoms with van der Waals surface area (Å²) in [5, 5.41) is 4.97. The first-order valence-corrected chi connectivity index (χ1v) is 12.4. The van der Waals surface area contributed by atoms with Gasteiger partial charge in [0.1, 0.15) is 5.82 Å². The van der Waals surface area contributed by atoms with E-state index in [0.29, 0.717) is 12.4 Å². The van der Waals surface area contributed by atoms with Crippen LogP contribution in [0.4, 0.5) is 11.5 Å². The number of aromatic nitrogens is 2. The van der Waals surface area contributed by atoms with Crippen LogP contribution in [0.3, 0.4) is 0 Å². The number of anilines is 2. The summed E-state index contributed by atoms with van der Waals surface area (Å²) in [5.74, 6) is 0.453. The highest BCUT2D eigenvalue weighted by atomic mass is 32.1. The summed E-state index contributed by atoms with van der Waals surface area (Å²) in [6.45, 7) is 6.91. The number of pyridine rings is 2. The van der Waals surface area contributed by atoms with E-state index in [9.17, 15) is 9.59 Å². The van der Waals surface area contributed by atoms with Crippen LogP contribution in [0.15, 0.2) is 59.7 Å². The Hall–Kier alpha value is -3.69. The lowest BCUT2D eigenvalue weighted by molar-refractivity contribution is 0.0955. The van der Waals surface area contributed by atoms with Crippen molar-refractivity contribution in [1.29, 1.82) is 0 Å². The van der Waals surface area contributed by atoms with Gasteiger partial charge in [-0.1, -0.05) is 12.1 Å². The molecule has 1 aromatic carbocycles. The van der Waals surface area contributed by atoms with Crippen LogP contribution in [0.25, 0.3) is 10.8 Å². The van der Waals surface area contributed by atoms with E-state index >= 15 is 0 Å². The minimum atomic E-state index is -0.0763. The van der Waals surface area contributed by atoms with Gasteiger partial charge in [-0.05, 0) is 47.7 Å². The Morgan fingerprint density at radius 3 is 2.77 bits per heavy atom. The number of thiophene rings is 1. The van der Waals surface area contributed by atoms with Gasteiger partial charge in [0.05, 0.1) is 4.88 Å². The van der Waals surface area contributed by atoms with E-state index < -0.39 is 0 Å². The Bertz CT molecular complexity index is 1420. The second-order valence-electron chi connectivity index (χ2n) is 8.83. The summed E-state index contributed by atoms with van der Waals surface area (Å²) >= 11 is 1.56. The molecule has 0 unspecified atom stereocenters. The molecule has 1 saturated heterocycles. The molecule has 0 bridgehead atoms. The molecule has 9 heteroatoms. The number of amides is 1. The maximum absolute atomic E-state index is 12.8. The van der Waals surface area contributed by atoms with E-state index in [4.69, 9.17) is 5.73 Å². The van der Waals surface area contributed by atoms with Gasteiger partial charge in [0.15, 0.2) is 0 Å². The average molecular weight is 489 g/mol. The van der Waals surface area contributed by atoms with E-state index in [2.05, 4.69) is 32.0 Å². The summed E-state index contributed by atoms with van der Waals surface area (Å²) in [4.78, 5) is 37.8. The molecular formula is C26H28N6O2S. The maximum atomic E-state index is 12.8. The van der Waals surface area contributed by atoms with Gasteiger partial charge in [0.2, 0.25) is 5.56 Å². The Kier molecular flexibility index (Phi) is 6.52. The van der Waals surface area contributed by atoms with Crippen LogP contribution in [0, 0.1) is 6.92 Å². The van der Waals surface area contributed by atoms with Gasteiger partial charge in [-0.3, -0.25) is 14.5 Å². The number of nitrogens with one attached hydrogen (secondary N) is 2. The van der Waals surface area contributed by atoms with Gasteiger partial charge in [-0.15, -0.1) is 11.3 Å². The largest absolute Gasteiger partial charge is 0.383 e. The van der Waals surface area contributed by atoms with Crippen molar-refractivity contribution in [3.8, 4) is 0 Å². The van der Waals surface area contributed by atoms with Crippen molar-refractivity contribution in [3.05, 3.63) is 86.1 Å². The molecule has 0 atom stereocenters. The Morgan fingerprint density at radius 2 is 1.97 bits per heavy atom. The minimum Gasteiger partial charge on any atom is -0.383 e. The standard InChI is InChI=1S/C26H28N6O2S/c1-17-12-22(26(34)30-15-18-2-3-21-19(13-18)4-6-29-25(21)27)35-23(17)16-31-8-10-32(11-9-31)20-5-7-28-24(33)14-20/h2-7,12-14H,8-11,15-16H2,1H3,(H2,27,29)(H,28,33)(H,30,34). The highest BCUT2D eigenvalue weighted by Crippen LogP contribution is 2.25. The molecule has 0 aliphatic carbocycles. The molecule has 8 nitrogen and oxygen atoms in total. The monoisotopic (exact) mass is 488 g/mol. The first kappa shape index (κ1) is 23.1. The number of nitrogens with zero attached hydrogens (tertiary/aromatic N) is 3. The molecular weight excluding hydrogens is 460 g/mol. The lowest BCUT2D eigenvalue weighted by atomic mass is 10.1. The zero-order valence-corrected chi connectivity index (χ0v) is 20.4. The fourth-order valence-corrected chi connectivity index (χ4v) is 5.55. The van der Waals surface area contributed by atoms with Gasteiger partial charge in [-0.2, -0.15) is 0 Å². The van der Waals surface area contributed by atoms with Crippen molar-refractivity contribution in [2.24, 2.45) is 0 Å². The molecule has 1 amide bonds. The third kappa shape index (κ3) is 5.21. The summed E-state index contributed by atoms with van der Waals surface area (Å²) < 4.78 is 0. The molecule has 1 fully saturated rings. The van der Waals surface area contributed by atoms with Gasteiger partial charge in [-0.25, -0.2) is 4.98 Å². The lowest BCUT2D eigenvalue weighted by Gasteiger charge is -2.35. The molecule has 3 aromatic heterocycles. The highest BCUT2D eigenvalue weighted by molar-refractivity contribution is 7.14. The van der Waals surface area contributed by atoms with Gasteiger partial charge in [0.25, 0.3) is 5.91 Å². The number of hydrogen-bond donors (Lipinski definition) is 3. The zero-order valence-electron chi connectivity index (χ0n) is 19.6. The van der Waals surface area contributed by atoms with E-state index in [-0.39, 0.29) is 11.5 Å². The molecule has 0 spiro atoms. The predicted molar refractivity (Wildman–Crippen MR) is 141 cm³/mol. The number of H-pyrrole nitrogens is 1. The normalized spacial score (nSPS) is 14.4. The predicted octanol–water partition coefficient (Wildman–Crippen LogP) is 3.13. The number of fused-ring (bicyclic) bond motifs is 1. The number of aromatic amines is 1. The smallest absolute Gasteiger partial charge is 0.261 e. The quantitative estimate of drug-likeness (QED) is 0.385. The number of hydrogen-bond acceptors (Lipinski definition) is 7. The number of piperazine rings is 1. The third-order valence-corrected chi connectivity index (χ3v) is 7.64. The number of rotatable bonds is 6. The molecule has 0 saturated carbocycles. The SMILES string of the molecule is Cc1cc(C(=O)NCc2ccc3c(N)nccc3c2)sc1CN1CCN(c2cc[nH]c(=O)c2)CC1.